The number of ether oxygens (including phenoxy) is 1. The van der Waals surface area contributed by atoms with E-state index in [1.165, 1.54) is 0 Å². The van der Waals surface area contributed by atoms with Crippen LogP contribution in [0, 0.1) is 11.8 Å². The van der Waals surface area contributed by atoms with Crippen LogP contribution >= 0.6 is 0 Å². The number of hydrogen-bond donors (Lipinski definition) is 1. The normalized spacial score (nSPS) is 15.9. The predicted molar refractivity (Wildman–Crippen MR) is 118 cm³/mol. The summed E-state index contributed by atoms with van der Waals surface area (Å²) in [5.41, 5.74) is 1.02. The molecule has 0 aromatic heterocycles. The number of carbonyl (C=O) groups is 1. The molecule has 162 valence electrons. The standard InChI is InChI=1S/C23H30N2O4S/c1-17(2)16-29-21-6-4-5-19(15-21)23(26)24-20-7-9-22(10-8-20)30(27,28)25-13-11-18(3)12-14-25/h4-10,15,17-18H,11-14,16H2,1-3H3,(H,24,26). The molecule has 0 spiro atoms. The fourth-order valence-corrected chi connectivity index (χ4v) is 4.75. The van der Waals surface area contributed by atoms with Crippen LogP contribution in [0.5, 0.6) is 5.75 Å². The van der Waals surface area contributed by atoms with Crippen LogP contribution in [-0.2, 0) is 10.0 Å². The Morgan fingerprint density at radius 2 is 1.80 bits per heavy atom. The van der Waals surface area contributed by atoms with Crippen LogP contribution in [-0.4, -0.2) is 38.3 Å². The van der Waals surface area contributed by atoms with E-state index in [1.54, 1.807) is 46.8 Å². The van der Waals surface area contributed by atoms with E-state index in [-0.39, 0.29) is 10.8 Å². The molecule has 1 aliphatic rings. The number of nitrogens with one attached hydrogen (secondary N) is 1. The van der Waals surface area contributed by atoms with Gasteiger partial charge in [-0.3, -0.25) is 4.79 Å². The minimum atomic E-state index is -3.50. The van der Waals surface area contributed by atoms with Crippen molar-refractivity contribution in [3.05, 3.63) is 54.1 Å². The second-order valence-electron chi connectivity index (χ2n) is 8.30. The van der Waals surface area contributed by atoms with E-state index in [0.29, 0.717) is 48.5 Å². The van der Waals surface area contributed by atoms with Gasteiger partial charge in [-0.2, -0.15) is 4.31 Å². The van der Waals surface area contributed by atoms with Gasteiger partial charge in [-0.15, -0.1) is 0 Å². The van der Waals surface area contributed by atoms with Crippen molar-refractivity contribution in [3.8, 4) is 5.75 Å². The molecular formula is C23H30N2O4S. The van der Waals surface area contributed by atoms with Crippen molar-refractivity contribution in [1.82, 2.24) is 4.31 Å². The minimum absolute atomic E-state index is 0.249. The largest absolute Gasteiger partial charge is 0.493 e. The lowest BCUT2D eigenvalue weighted by Gasteiger charge is -2.29. The van der Waals surface area contributed by atoms with E-state index in [4.69, 9.17) is 4.74 Å². The summed E-state index contributed by atoms with van der Waals surface area (Å²) in [4.78, 5) is 12.8. The van der Waals surface area contributed by atoms with E-state index in [1.807, 2.05) is 6.07 Å². The number of sulfonamides is 1. The summed E-state index contributed by atoms with van der Waals surface area (Å²) < 4.78 is 32.9. The number of anilines is 1. The molecule has 6 nitrogen and oxygen atoms in total. The molecule has 1 fully saturated rings. The number of hydrogen-bond acceptors (Lipinski definition) is 4. The topological polar surface area (TPSA) is 75.7 Å². The molecule has 0 saturated carbocycles. The Kier molecular flexibility index (Phi) is 7.15. The lowest BCUT2D eigenvalue weighted by molar-refractivity contribution is 0.102. The van der Waals surface area contributed by atoms with Crippen molar-refractivity contribution >= 4 is 21.6 Å². The molecule has 1 heterocycles. The van der Waals surface area contributed by atoms with Gasteiger partial charge in [0.05, 0.1) is 11.5 Å². The third-order valence-corrected chi connectivity index (χ3v) is 7.08. The summed E-state index contributed by atoms with van der Waals surface area (Å²) in [6.45, 7) is 7.96. The van der Waals surface area contributed by atoms with Crippen molar-refractivity contribution in [3.63, 3.8) is 0 Å². The van der Waals surface area contributed by atoms with Gasteiger partial charge in [-0.25, -0.2) is 8.42 Å². The molecule has 3 rings (SSSR count). The van der Waals surface area contributed by atoms with E-state index in [0.717, 1.165) is 12.8 Å². The smallest absolute Gasteiger partial charge is 0.255 e. The van der Waals surface area contributed by atoms with Crippen LogP contribution in [0.25, 0.3) is 0 Å². The van der Waals surface area contributed by atoms with Gasteiger partial charge in [-0.1, -0.05) is 26.8 Å². The van der Waals surface area contributed by atoms with Gasteiger partial charge in [0.25, 0.3) is 5.91 Å². The average molecular weight is 431 g/mol. The van der Waals surface area contributed by atoms with Crippen molar-refractivity contribution in [2.24, 2.45) is 11.8 Å². The SMILES string of the molecule is CC(C)COc1cccc(C(=O)Nc2ccc(S(=O)(=O)N3CCC(C)CC3)cc2)c1. The Balaban J connectivity index is 1.65. The van der Waals surface area contributed by atoms with Crippen molar-refractivity contribution in [2.45, 2.75) is 38.5 Å². The Labute approximate surface area is 179 Å². The zero-order valence-electron chi connectivity index (χ0n) is 17.8. The highest BCUT2D eigenvalue weighted by molar-refractivity contribution is 7.89. The fraction of sp³-hybridized carbons (Fsp3) is 0.435. The maximum absolute atomic E-state index is 12.8. The summed E-state index contributed by atoms with van der Waals surface area (Å²) >= 11 is 0. The highest BCUT2D eigenvalue weighted by Gasteiger charge is 2.27. The molecule has 1 N–H and O–H groups in total. The van der Waals surface area contributed by atoms with E-state index in [9.17, 15) is 13.2 Å². The van der Waals surface area contributed by atoms with Crippen molar-refractivity contribution < 1.29 is 17.9 Å². The van der Waals surface area contributed by atoms with Gasteiger partial charge in [-0.05, 0) is 67.1 Å². The van der Waals surface area contributed by atoms with Crippen molar-refractivity contribution in [2.75, 3.05) is 25.0 Å². The fourth-order valence-electron chi connectivity index (χ4n) is 3.28. The molecule has 30 heavy (non-hydrogen) atoms. The van der Waals surface area contributed by atoms with Gasteiger partial charge < -0.3 is 10.1 Å². The van der Waals surface area contributed by atoms with Crippen LogP contribution in [0.4, 0.5) is 5.69 Å². The molecule has 7 heteroatoms. The first kappa shape index (κ1) is 22.3. The molecule has 0 radical (unpaired) electrons. The number of rotatable bonds is 7. The first-order chi connectivity index (χ1) is 14.3. The first-order valence-electron chi connectivity index (χ1n) is 10.4. The van der Waals surface area contributed by atoms with Gasteiger partial charge >= 0.3 is 0 Å². The summed E-state index contributed by atoms with van der Waals surface area (Å²) in [6.07, 6.45) is 1.76. The van der Waals surface area contributed by atoms with Crippen LogP contribution in [0.2, 0.25) is 0 Å². The quantitative estimate of drug-likeness (QED) is 0.707. The zero-order chi connectivity index (χ0) is 21.7. The molecule has 0 unspecified atom stereocenters. The van der Waals surface area contributed by atoms with Gasteiger partial charge in [0.15, 0.2) is 0 Å². The van der Waals surface area contributed by atoms with E-state index >= 15 is 0 Å². The Hall–Kier alpha value is -2.38. The van der Waals surface area contributed by atoms with Gasteiger partial charge in [0.1, 0.15) is 5.75 Å². The molecular weight excluding hydrogens is 400 g/mol. The van der Waals surface area contributed by atoms with Gasteiger partial charge in [0.2, 0.25) is 10.0 Å². The highest BCUT2D eigenvalue weighted by atomic mass is 32.2. The lowest BCUT2D eigenvalue weighted by Crippen LogP contribution is -2.37. The molecule has 1 saturated heterocycles. The molecule has 1 aliphatic heterocycles. The molecule has 2 aromatic rings. The highest BCUT2D eigenvalue weighted by Crippen LogP contribution is 2.24. The molecule has 0 atom stereocenters. The molecule has 1 amide bonds. The second-order valence-corrected chi connectivity index (χ2v) is 10.2. The summed E-state index contributed by atoms with van der Waals surface area (Å²) in [5.74, 6) is 1.33. The van der Waals surface area contributed by atoms with Crippen molar-refractivity contribution in [1.29, 1.82) is 0 Å². The third kappa shape index (κ3) is 5.61. The Morgan fingerprint density at radius 3 is 2.43 bits per heavy atom. The molecule has 0 aliphatic carbocycles. The average Bonchev–Trinajstić information content (AvgIpc) is 2.73. The zero-order valence-corrected chi connectivity index (χ0v) is 18.6. The maximum Gasteiger partial charge on any atom is 0.255 e. The number of benzene rings is 2. The number of amides is 1. The Bertz CT molecular complexity index is 963. The minimum Gasteiger partial charge on any atom is -0.493 e. The predicted octanol–water partition coefficient (Wildman–Crippen LogP) is 4.39. The molecule has 0 bridgehead atoms. The van der Waals surface area contributed by atoms with Crippen LogP contribution in [0.1, 0.15) is 44.0 Å². The second kappa shape index (κ2) is 9.62. The van der Waals surface area contributed by atoms with E-state index < -0.39 is 10.0 Å². The molecule has 2 aromatic carbocycles. The number of nitrogens with zero attached hydrogens (tertiary/aromatic N) is 1. The summed E-state index contributed by atoms with van der Waals surface area (Å²) in [6, 6.07) is 13.4. The van der Waals surface area contributed by atoms with Gasteiger partial charge in [0, 0.05) is 24.3 Å². The monoisotopic (exact) mass is 430 g/mol. The first-order valence-corrected chi connectivity index (χ1v) is 11.8. The van der Waals surface area contributed by atoms with E-state index in [2.05, 4.69) is 26.1 Å². The number of piperidine rings is 1. The van der Waals surface area contributed by atoms with Crippen LogP contribution in [0.3, 0.4) is 0 Å². The Morgan fingerprint density at radius 1 is 1.13 bits per heavy atom. The summed E-state index contributed by atoms with van der Waals surface area (Å²) in [5, 5.41) is 2.81. The third-order valence-electron chi connectivity index (χ3n) is 5.17. The maximum atomic E-state index is 12.8. The number of carbonyl (C=O) groups excluding carboxylic acids is 1. The lowest BCUT2D eigenvalue weighted by atomic mass is 10.0. The van der Waals surface area contributed by atoms with Crippen LogP contribution in [0.15, 0.2) is 53.4 Å². The summed E-state index contributed by atoms with van der Waals surface area (Å²) in [7, 11) is -3.50. The van der Waals surface area contributed by atoms with Crippen LogP contribution < -0.4 is 10.1 Å².